The molecule has 1 aromatic carbocycles. The Hall–Kier alpha value is -1.36. The molecule has 0 spiro atoms. The third-order valence-electron chi connectivity index (χ3n) is 2.56. The van der Waals surface area contributed by atoms with E-state index in [0.717, 1.165) is 21.3 Å². The molecule has 0 aromatic heterocycles. The maximum atomic E-state index is 11.5. The van der Waals surface area contributed by atoms with Crippen LogP contribution in [0.15, 0.2) is 16.6 Å². The predicted octanol–water partition coefficient (Wildman–Crippen LogP) is 2.87. The summed E-state index contributed by atoms with van der Waals surface area (Å²) in [4.78, 5) is 21.8. The largest absolute Gasteiger partial charge is 0.481 e. The third-order valence-corrected chi connectivity index (χ3v) is 3.42. The van der Waals surface area contributed by atoms with Crippen LogP contribution in [0.25, 0.3) is 0 Å². The van der Waals surface area contributed by atoms with Crippen molar-refractivity contribution in [3.8, 4) is 0 Å². The SMILES string of the molecule is Cc1c(Br)ccc(NC(=O)CCC(=O)O)c1C. The first-order valence-electron chi connectivity index (χ1n) is 5.19. The first-order chi connectivity index (χ1) is 7.91. The maximum absolute atomic E-state index is 11.5. The molecule has 2 N–H and O–H groups in total. The van der Waals surface area contributed by atoms with Gasteiger partial charge in [-0.15, -0.1) is 0 Å². The van der Waals surface area contributed by atoms with Gasteiger partial charge < -0.3 is 10.4 Å². The second-order valence-corrected chi connectivity index (χ2v) is 4.64. The Balaban J connectivity index is 2.72. The van der Waals surface area contributed by atoms with E-state index in [0.29, 0.717) is 0 Å². The van der Waals surface area contributed by atoms with Gasteiger partial charge in [0, 0.05) is 16.6 Å². The summed E-state index contributed by atoms with van der Waals surface area (Å²) in [7, 11) is 0. The van der Waals surface area contributed by atoms with E-state index in [-0.39, 0.29) is 18.7 Å². The van der Waals surface area contributed by atoms with Gasteiger partial charge in [0.05, 0.1) is 6.42 Å². The minimum Gasteiger partial charge on any atom is -0.481 e. The number of carboxylic acids is 1. The fraction of sp³-hybridized carbons (Fsp3) is 0.333. The Morgan fingerprint density at radius 3 is 2.47 bits per heavy atom. The van der Waals surface area contributed by atoms with Crippen molar-refractivity contribution < 1.29 is 14.7 Å². The number of nitrogens with one attached hydrogen (secondary N) is 1. The van der Waals surface area contributed by atoms with Crippen LogP contribution in [0.2, 0.25) is 0 Å². The summed E-state index contributed by atoms with van der Waals surface area (Å²) in [5.74, 6) is -1.25. The van der Waals surface area contributed by atoms with E-state index in [1.165, 1.54) is 0 Å². The molecule has 17 heavy (non-hydrogen) atoms. The molecule has 92 valence electrons. The third kappa shape index (κ3) is 3.85. The van der Waals surface area contributed by atoms with Gasteiger partial charge in [-0.2, -0.15) is 0 Å². The molecule has 1 amide bonds. The molecule has 0 aliphatic heterocycles. The van der Waals surface area contributed by atoms with Crippen LogP contribution in [0, 0.1) is 13.8 Å². The number of halogens is 1. The molecule has 1 rings (SSSR count). The Morgan fingerprint density at radius 1 is 1.24 bits per heavy atom. The van der Waals surface area contributed by atoms with E-state index in [9.17, 15) is 9.59 Å². The van der Waals surface area contributed by atoms with Crippen LogP contribution in [0.1, 0.15) is 24.0 Å². The second kappa shape index (κ2) is 5.82. The highest BCUT2D eigenvalue weighted by Crippen LogP contribution is 2.25. The summed E-state index contributed by atoms with van der Waals surface area (Å²) in [6.07, 6.45) is -0.162. The highest BCUT2D eigenvalue weighted by Gasteiger charge is 2.09. The van der Waals surface area contributed by atoms with Crippen LogP contribution in [0.3, 0.4) is 0 Å². The normalized spacial score (nSPS) is 10.1. The Labute approximate surface area is 108 Å². The molecule has 0 aliphatic carbocycles. The van der Waals surface area contributed by atoms with E-state index in [2.05, 4.69) is 21.2 Å². The van der Waals surface area contributed by atoms with E-state index in [1.54, 1.807) is 6.07 Å². The van der Waals surface area contributed by atoms with Gasteiger partial charge >= 0.3 is 5.97 Å². The molecule has 0 saturated heterocycles. The molecule has 0 fully saturated rings. The van der Waals surface area contributed by atoms with Crippen LogP contribution in [-0.2, 0) is 9.59 Å². The smallest absolute Gasteiger partial charge is 0.303 e. The topological polar surface area (TPSA) is 66.4 Å². The van der Waals surface area contributed by atoms with Gasteiger partial charge in [0.1, 0.15) is 0 Å². The van der Waals surface area contributed by atoms with Gasteiger partial charge in [0.25, 0.3) is 0 Å². The zero-order valence-corrected chi connectivity index (χ0v) is 11.3. The van der Waals surface area contributed by atoms with Crippen molar-refractivity contribution >= 4 is 33.5 Å². The lowest BCUT2D eigenvalue weighted by molar-refractivity contribution is -0.138. The lowest BCUT2D eigenvalue weighted by Crippen LogP contribution is -2.14. The standard InChI is InChI=1S/C12H14BrNO3/c1-7-8(2)10(4-3-9(7)13)14-11(15)5-6-12(16)17/h3-4H,5-6H2,1-2H3,(H,14,15)(H,16,17). The number of carbonyl (C=O) groups is 2. The Kier molecular flexibility index (Phi) is 4.69. The van der Waals surface area contributed by atoms with Crippen molar-refractivity contribution in [2.45, 2.75) is 26.7 Å². The van der Waals surface area contributed by atoms with Crippen LogP contribution < -0.4 is 5.32 Å². The average Bonchev–Trinajstić information content (AvgIpc) is 2.27. The second-order valence-electron chi connectivity index (χ2n) is 3.79. The van der Waals surface area contributed by atoms with Crippen molar-refractivity contribution in [3.63, 3.8) is 0 Å². The summed E-state index contributed by atoms with van der Waals surface area (Å²) in [6.45, 7) is 3.86. The maximum Gasteiger partial charge on any atom is 0.303 e. The molecule has 0 heterocycles. The van der Waals surface area contributed by atoms with Gasteiger partial charge in [-0.1, -0.05) is 15.9 Å². The lowest BCUT2D eigenvalue weighted by Gasteiger charge is -2.11. The monoisotopic (exact) mass is 299 g/mol. The van der Waals surface area contributed by atoms with Crippen LogP contribution in [0.4, 0.5) is 5.69 Å². The van der Waals surface area contributed by atoms with Crippen molar-refractivity contribution in [1.29, 1.82) is 0 Å². The number of carboxylic acid groups (broad SMARTS) is 1. The Bertz CT molecular complexity index is 457. The predicted molar refractivity (Wildman–Crippen MR) is 69.1 cm³/mol. The minimum absolute atomic E-state index is 0.0100. The van der Waals surface area contributed by atoms with Crippen LogP contribution in [0.5, 0.6) is 0 Å². The van der Waals surface area contributed by atoms with Gasteiger partial charge in [-0.05, 0) is 37.1 Å². The van der Waals surface area contributed by atoms with Crippen molar-refractivity contribution in [2.24, 2.45) is 0 Å². The molecule has 0 bridgehead atoms. The summed E-state index contributed by atoms with van der Waals surface area (Å²) in [6, 6.07) is 3.65. The number of hydrogen-bond donors (Lipinski definition) is 2. The van der Waals surface area contributed by atoms with Crippen molar-refractivity contribution in [2.75, 3.05) is 5.32 Å². The van der Waals surface area contributed by atoms with Crippen LogP contribution in [-0.4, -0.2) is 17.0 Å². The molecule has 0 saturated carbocycles. The lowest BCUT2D eigenvalue weighted by atomic mass is 10.1. The van der Waals surface area contributed by atoms with Gasteiger partial charge in [-0.3, -0.25) is 9.59 Å². The van der Waals surface area contributed by atoms with Gasteiger partial charge in [-0.25, -0.2) is 0 Å². The quantitative estimate of drug-likeness (QED) is 0.898. The Morgan fingerprint density at radius 2 is 1.88 bits per heavy atom. The van der Waals surface area contributed by atoms with Gasteiger partial charge in [0.15, 0.2) is 0 Å². The molecular weight excluding hydrogens is 286 g/mol. The minimum atomic E-state index is -0.969. The number of anilines is 1. The molecule has 0 aliphatic rings. The number of benzene rings is 1. The number of hydrogen-bond acceptors (Lipinski definition) is 2. The van der Waals surface area contributed by atoms with Crippen molar-refractivity contribution in [1.82, 2.24) is 0 Å². The zero-order chi connectivity index (χ0) is 13.0. The van der Waals surface area contributed by atoms with E-state index < -0.39 is 5.97 Å². The van der Waals surface area contributed by atoms with E-state index in [4.69, 9.17) is 5.11 Å². The van der Waals surface area contributed by atoms with Crippen molar-refractivity contribution in [3.05, 3.63) is 27.7 Å². The number of amides is 1. The highest BCUT2D eigenvalue weighted by molar-refractivity contribution is 9.10. The number of carbonyl (C=O) groups excluding carboxylic acids is 1. The molecular formula is C12H14BrNO3. The van der Waals surface area contributed by atoms with E-state index >= 15 is 0 Å². The molecule has 5 heteroatoms. The summed E-state index contributed by atoms with van der Waals surface area (Å²) in [5, 5.41) is 11.2. The summed E-state index contributed by atoms with van der Waals surface area (Å²) in [5.41, 5.74) is 2.75. The average molecular weight is 300 g/mol. The van der Waals surface area contributed by atoms with Gasteiger partial charge in [0.2, 0.25) is 5.91 Å². The fourth-order valence-electron chi connectivity index (χ4n) is 1.36. The fourth-order valence-corrected chi connectivity index (χ4v) is 1.79. The first kappa shape index (κ1) is 13.7. The molecule has 0 atom stereocenters. The number of rotatable bonds is 4. The zero-order valence-electron chi connectivity index (χ0n) is 9.71. The van der Waals surface area contributed by atoms with Crippen LogP contribution >= 0.6 is 15.9 Å². The molecule has 4 nitrogen and oxygen atoms in total. The molecule has 0 unspecified atom stereocenters. The number of aliphatic carboxylic acids is 1. The molecule has 0 radical (unpaired) electrons. The summed E-state index contributed by atoms with van der Waals surface area (Å²) >= 11 is 3.41. The first-order valence-corrected chi connectivity index (χ1v) is 5.98. The summed E-state index contributed by atoms with van der Waals surface area (Å²) < 4.78 is 0.985. The van der Waals surface area contributed by atoms with E-state index in [1.807, 2.05) is 19.9 Å². The molecule has 1 aromatic rings. The highest BCUT2D eigenvalue weighted by atomic mass is 79.9.